The summed E-state index contributed by atoms with van der Waals surface area (Å²) in [5, 5.41) is 8.72. The highest BCUT2D eigenvalue weighted by Crippen LogP contribution is 2.40. The zero-order chi connectivity index (χ0) is 12.9. The third-order valence-electron chi connectivity index (χ3n) is 2.94. The summed E-state index contributed by atoms with van der Waals surface area (Å²) in [5.74, 6) is 0. The van der Waals surface area contributed by atoms with E-state index in [1.807, 2.05) is 19.9 Å². The minimum absolute atomic E-state index is 0.559. The predicted molar refractivity (Wildman–Crippen MR) is 64.3 cm³/mol. The monoisotopic (exact) mass is 252 g/mol. The average molecular weight is 252 g/mol. The van der Waals surface area contributed by atoms with E-state index in [0.29, 0.717) is 18.4 Å². The van der Waals surface area contributed by atoms with E-state index in [1.54, 1.807) is 24.3 Å². The highest BCUT2D eigenvalue weighted by Gasteiger charge is 2.38. The van der Waals surface area contributed by atoms with Crippen molar-refractivity contribution < 1.29 is 14.0 Å². The van der Waals surface area contributed by atoms with E-state index in [4.69, 9.17) is 14.7 Å². The topological polar surface area (TPSA) is 70.3 Å². The smallest absolute Gasteiger partial charge is 0.192 e. The number of hydrogen-bond acceptors (Lipinski definition) is 3. The first-order valence-electron chi connectivity index (χ1n) is 5.44. The molecular formula is C12H15NO3P+. The summed E-state index contributed by atoms with van der Waals surface area (Å²) in [4.78, 5) is 8.95. The van der Waals surface area contributed by atoms with Gasteiger partial charge in [0.05, 0.1) is 11.6 Å². The highest BCUT2D eigenvalue weighted by molar-refractivity contribution is 7.32. The lowest BCUT2D eigenvalue weighted by molar-refractivity contribution is 0.0536. The molecule has 0 fully saturated rings. The van der Waals surface area contributed by atoms with E-state index in [2.05, 4.69) is 0 Å². The summed E-state index contributed by atoms with van der Waals surface area (Å²) in [6.45, 7) is 3.81. The molecule has 0 radical (unpaired) electrons. The van der Waals surface area contributed by atoms with Gasteiger partial charge < -0.3 is 0 Å². The highest BCUT2D eigenvalue weighted by atomic mass is 31.1. The third-order valence-corrected chi connectivity index (χ3v) is 3.44. The number of rotatable bonds is 5. The van der Waals surface area contributed by atoms with Gasteiger partial charge in [-0.3, -0.25) is 0 Å². The minimum Gasteiger partial charge on any atom is -0.192 e. The van der Waals surface area contributed by atoms with E-state index in [1.165, 1.54) is 0 Å². The van der Waals surface area contributed by atoms with Gasteiger partial charge in [-0.05, 0) is 30.5 Å². The summed E-state index contributed by atoms with van der Waals surface area (Å²) in [6.07, 6.45) is 1.19. The Bertz CT molecular complexity index is 432. The Morgan fingerprint density at radius 2 is 1.88 bits per heavy atom. The largest absolute Gasteiger partial charge is 0.695 e. The van der Waals surface area contributed by atoms with Crippen LogP contribution in [0.5, 0.6) is 0 Å². The molecule has 5 heteroatoms. The summed E-state index contributed by atoms with van der Waals surface area (Å²) >= 11 is 0. The summed E-state index contributed by atoms with van der Waals surface area (Å²) in [7, 11) is -2.65. The summed E-state index contributed by atoms with van der Waals surface area (Å²) in [5.41, 5.74) is 0.623. The van der Waals surface area contributed by atoms with Gasteiger partial charge in [-0.25, -0.2) is 0 Å². The van der Waals surface area contributed by atoms with Crippen molar-refractivity contribution in [3.8, 4) is 6.07 Å². The Morgan fingerprint density at radius 3 is 2.24 bits per heavy atom. The normalized spacial score (nSPS) is 12.0. The van der Waals surface area contributed by atoms with E-state index >= 15 is 0 Å². The van der Waals surface area contributed by atoms with Gasteiger partial charge in [-0.1, -0.05) is 26.0 Å². The van der Waals surface area contributed by atoms with Gasteiger partial charge in [-0.2, -0.15) is 5.26 Å². The Hall–Kier alpha value is -1.27. The molecule has 1 N–H and O–H groups in total. The van der Waals surface area contributed by atoms with Gasteiger partial charge in [0.25, 0.3) is 0 Å². The molecule has 0 amide bonds. The molecule has 0 aliphatic rings. The quantitative estimate of drug-likeness (QED) is 0.816. The first-order valence-corrected chi connectivity index (χ1v) is 6.57. The maximum Gasteiger partial charge on any atom is 0.695 e. The molecule has 0 heterocycles. The zero-order valence-electron chi connectivity index (χ0n) is 9.88. The van der Waals surface area contributed by atoms with Gasteiger partial charge in [0, 0.05) is 4.57 Å². The Labute approximate surface area is 102 Å². The van der Waals surface area contributed by atoms with Gasteiger partial charge in [-0.15, -0.1) is 9.42 Å². The molecular weight excluding hydrogens is 237 g/mol. The van der Waals surface area contributed by atoms with Crippen LogP contribution in [0.4, 0.5) is 0 Å². The molecule has 1 aromatic rings. The van der Waals surface area contributed by atoms with Crippen LogP contribution in [-0.4, -0.2) is 4.89 Å². The Kier molecular flexibility index (Phi) is 4.77. The fraction of sp³-hybridized carbons (Fsp3) is 0.417. The lowest BCUT2D eigenvalue weighted by Crippen LogP contribution is -2.25. The maximum atomic E-state index is 10.9. The van der Waals surface area contributed by atoms with Gasteiger partial charge in [0.2, 0.25) is 0 Å². The number of hydrogen-bond donors (Lipinski definition) is 1. The first-order chi connectivity index (χ1) is 8.07. The fourth-order valence-electron chi connectivity index (χ4n) is 1.84. The van der Waals surface area contributed by atoms with Crippen LogP contribution in [0.25, 0.3) is 0 Å². The molecule has 1 rings (SSSR count). The number of benzene rings is 1. The van der Waals surface area contributed by atoms with Crippen molar-refractivity contribution in [2.75, 3.05) is 0 Å². The molecule has 0 bridgehead atoms. The first kappa shape index (κ1) is 13.8. The van der Waals surface area contributed by atoms with Crippen molar-refractivity contribution in [1.29, 1.82) is 5.26 Å². The molecule has 0 saturated carbocycles. The van der Waals surface area contributed by atoms with Crippen molar-refractivity contribution in [1.82, 2.24) is 0 Å². The van der Waals surface area contributed by atoms with Crippen LogP contribution in [0.2, 0.25) is 0 Å². The Balaban J connectivity index is 3.12. The average Bonchev–Trinajstić information content (AvgIpc) is 2.36. The van der Waals surface area contributed by atoms with Crippen LogP contribution in [0, 0.1) is 11.3 Å². The van der Waals surface area contributed by atoms with Crippen LogP contribution in [0.15, 0.2) is 24.3 Å². The SMILES string of the molecule is CCC(CC)(O[P+](=O)O)c1ccc(C#N)cc1. The molecule has 0 spiro atoms. The number of nitrogens with zero attached hydrogens (tertiary/aromatic N) is 1. The van der Waals surface area contributed by atoms with Crippen molar-refractivity contribution in [2.24, 2.45) is 0 Å². The zero-order valence-corrected chi connectivity index (χ0v) is 10.8. The molecule has 17 heavy (non-hydrogen) atoms. The second-order valence-electron chi connectivity index (χ2n) is 3.72. The minimum atomic E-state index is -2.65. The van der Waals surface area contributed by atoms with Crippen LogP contribution in [0.1, 0.15) is 37.8 Å². The van der Waals surface area contributed by atoms with E-state index in [9.17, 15) is 4.57 Å². The van der Waals surface area contributed by atoms with Crippen LogP contribution >= 0.6 is 8.25 Å². The molecule has 0 aliphatic carbocycles. The molecule has 1 unspecified atom stereocenters. The molecule has 1 atom stereocenters. The van der Waals surface area contributed by atoms with Crippen molar-refractivity contribution >= 4 is 8.25 Å². The molecule has 90 valence electrons. The second kappa shape index (κ2) is 5.88. The summed E-state index contributed by atoms with van der Waals surface area (Å²) < 4.78 is 16.1. The molecule has 0 aliphatic heterocycles. The van der Waals surface area contributed by atoms with E-state index in [0.717, 1.165) is 5.56 Å². The van der Waals surface area contributed by atoms with E-state index in [-0.39, 0.29) is 0 Å². The van der Waals surface area contributed by atoms with Crippen molar-refractivity contribution in [2.45, 2.75) is 32.3 Å². The Morgan fingerprint density at radius 1 is 1.35 bits per heavy atom. The molecule has 1 aromatic carbocycles. The van der Waals surface area contributed by atoms with Crippen LogP contribution < -0.4 is 0 Å². The summed E-state index contributed by atoms with van der Waals surface area (Å²) in [6, 6.07) is 8.94. The lowest BCUT2D eigenvalue weighted by Gasteiger charge is -2.25. The molecule has 0 aromatic heterocycles. The second-order valence-corrected chi connectivity index (χ2v) is 4.38. The molecule has 0 saturated heterocycles. The van der Waals surface area contributed by atoms with Crippen LogP contribution in [-0.2, 0) is 14.7 Å². The fourth-order valence-corrected chi connectivity index (χ4v) is 2.50. The third kappa shape index (κ3) is 3.10. The van der Waals surface area contributed by atoms with Crippen molar-refractivity contribution in [3.63, 3.8) is 0 Å². The predicted octanol–water partition coefficient (Wildman–Crippen LogP) is 3.24. The van der Waals surface area contributed by atoms with Gasteiger partial charge in [0.1, 0.15) is 0 Å². The van der Waals surface area contributed by atoms with Gasteiger partial charge in [0.15, 0.2) is 5.60 Å². The van der Waals surface area contributed by atoms with Crippen LogP contribution in [0.3, 0.4) is 0 Å². The lowest BCUT2D eigenvalue weighted by atomic mass is 9.88. The van der Waals surface area contributed by atoms with E-state index < -0.39 is 13.9 Å². The van der Waals surface area contributed by atoms with Gasteiger partial charge >= 0.3 is 8.25 Å². The molecule has 4 nitrogen and oxygen atoms in total. The standard InChI is InChI=1S/C12H14NO3P/c1-3-12(4-2,16-17(14)15)11-7-5-10(9-13)6-8-11/h5-8H,3-4H2,1-2H3/p+1. The van der Waals surface area contributed by atoms with Crippen molar-refractivity contribution in [3.05, 3.63) is 35.4 Å². The maximum absolute atomic E-state index is 10.9. The number of nitriles is 1.